The third kappa shape index (κ3) is 3.41. The fourth-order valence-corrected chi connectivity index (χ4v) is 3.48. The van der Waals surface area contributed by atoms with Crippen molar-refractivity contribution in [3.63, 3.8) is 0 Å². The molecule has 146 valence electrons. The zero-order chi connectivity index (χ0) is 19.8. The molecule has 2 aromatic heterocycles. The predicted molar refractivity (Wildman–Crippen MR) is 109 cm³/mol. The molecule has 4 rings (SSSR count). The Kier molecular flexibility index (Phi) is 5.14. The number of aliphatic hydroxyl groups excluding tert-OH is 2. The van der Waals surface area contributed by atoms with Gasteiger partial charge in [0.2, 0.25) is 5.95 Å². The van der Waals surface area contributed by atoms with Crippen molar-refractivity contribution in [3.8, 4) is 0 Å². The average Bonchev–Trinajstić information content (AvgIpc) is 3.25. The summed E-state index contributed by atoms with van der Waals surface area (Å²) in [6.45, 7) is 0.00567. The summed E-state index contributed by atoms with van der Waals surface area (Å²) in [4.78, 5) is 25.6. The number of nitrogens with one attached hydrogen (secondary N) is 2. The number of aliphatic hydroxyl groups is 2. The van der Waals surface area contributed by atoms with Gasteiger partial charge in [-0.05, 0) is 40.8 Å². The molecule has 3 atom stereocenters. The fraction of sp³-hybridized carbons (Fsp3) is 0.294. The monoisotopic (exact) mass is 496 g/mol. The second-order valence-electron chi connectivity index (χ2n) is 6.22. The Labute approximate surface area is 173 Å². The molecule has 28 heavy (non-hydrogen) atoms. The first kappa shape index (κ1) is 19.0. The van der Waals surface area contributed by atoms with Gasteiger partial charge in [0.15, 0.2) is 23.2 Å². The van der Waals surface area contributed by atoms with Crippen LogP contribution in [0.2, 0.25) is 0 Å². The van der Waals surface area contributed by atoms with Gasteiger partial charge in [0, 0.05) is 16.2 Å². The first-order valence-electron chi connectivity index (χ1n) is 8.45. The van der Waals surface area contributed by atoms with Gasteiger partial charge in [-0.1, -0.05) is 6.07 Å². The molecule has 0 saturated carbocycles. The van der Waals surface area contributed by atoms with E-state index in [1.165, 1.54) is 10.9 Å². The number of halogens is 1. The van der Waals surface area contributed by atoms with Gasteiger partial charge in [-0.15, -0.1) is 0 Å². The van der Waals surface area contributed by atoms with Crippen LogP contribution >= 0.6 is 22.6 Å². The van der Waals surface area contributed by atoms with Gasteiger partial charge in [0.25, 0.3) is 5.91 Å². The number of rotatable bonds is 4. The summed E-state index contributed by atoms with van der Waals surface area (Å²) in [6.07, 6.45) is -1.51. The molecule has 10 nitrogen and oxygen atoms in total. The lowest BCUT2D eigenvalue weighted by atomic mass is 10.2. The largest absolute Gasteiger partial charge is 0.388 e. The van der Waals surface area contributed by atoms with E-state index in [2.05, 4.69) is 48.2 Å². The minimum atomic E-state index is -1.12. The lowest BCUT2D eigenvalue weighted by Gasteiger charge is -2.17. The van der Waals surface area contributed by atoms with E-state index in [-0.39, 0.29) is 24.3 Å². The number of anilines is 2. The van der Waals surface area contributed by atoms with Crippen molar-refractivity contribution < 1.29 is 19.7 Å². The maximum Gasteiger partial charge on any atom is 0.256 e. The Balaban J connectivity index is 1.73. The average molecular weight is 496 g/mol. The lowest BCUT2D eigenvalue weighted by molar-refractivity contribution is -0.0162. The van der Waals surface area contributed by atoms with Crippen LogP contribution in [0.4, 0.5) is 11.8 Å². The van der Waals surface area contributed by atoms with Gasteiger partial charge >= 0.3 is 0 Å². The van der Waals surface area contributed by atoms with Crippen LogP contribution in [0.15, 0.2) is 30.6 Å². The maximum absolute atomic E-state index is 12.6. The standard InChI is InChI=1S/C17H17IN6O4/c1-19-17-22-13(21-15(27)8-3-2-4-9(18)5-8)11-14(23-17)24(7-20-11)16-12(26)10(25)6-28-16/h2-5,7,10,12,16,25-26H,6H2,1H3,(H2,19,21,22,23,27). The highest BCUT2D eigenvalue weighted by atomic mass is 127. The third-order valence-corrected chi connectivity index (χ3v) is 5.03. The van der Waals surface area contributed by atoms with Crippen LogP contribution in [0.5, 0.6) is 0 Å². The number of hydrogen-bond donors (Lipinski definition) is 4. The van der Waals surface area contributed by atoms with Gasteiger partial charge in [0.1, 0.15) is 12.2 Å². The van der Waals surface area contributed by atoms with E-state index in [0.29, 0.717) is 16.7 Å². The van der Waals surface area contributed by atoms with Crippen molar-refractivity contribution in [1.82, 2.24) is 19.5 Å². The van der Waals surface area contributed by atoms with E-state index in [4.69, 9.17) is 4.74 Å². The molecular weight excluding hydrogens is 479 g/mol. The summed E-state index contributed by atoms with van der Waals surface area (Å²) in [5, 5.41) is 25.5. The van der Waals surface area contributed by atoms with E-state index in [9.17, 15) is 15.0 Å². The molecule has 3 heterocycles. The minimum absolute atomic E-state index is 0.00567. The molecule has 3 aromatic rings. The second kappa shape index (κ2) is 7.58. The Hall–Kier alpha value is -2.35. The van der Waals surface area contributed by atoms with Crippen molar-refractivity contribution in [2.45, 2.75) is 18.4 Å². The highest BCUT2D eigenvalue weighted by Gasteiger charge is 2.37. The number of nitrogens with zero attached hydrogens (tertiary/aromatic N) is 4. The first-order valence-corrected chi connectivity index (χ1v) is 9.53. The summed E-state index contributed by atoms with van der Waals surface area (Å²) in [5.74, 6) is 0.160. The van der Waals surface area contributed by atoms with Gasteiger partial charge in [-0.2, -0.15) is 9.97 Å². The third-order valence-electron chi connectivity index (χ3n) is 4.36. The van der Waals surface area contributed by atoms with Crippen molar-refractivity contribution in [2.75, 3.05) is 24.3 Å². The van der Waals surface area contributed by atoms with Gasteiger partial charge in [0.05, 0.1) is 12.9 Å². The summed E-state index contributed by atoms with van der Waals surface area (Å²) in [6, 6.07) is 7.15. The van der Waals surface area contributed by atoms with Crippen LogP contribution in [-0.2, 0) is 4.74 Å². The zero-order valence-electron chi connectivity index (χ0n) is 14.7. The van der Waals surface area contributed by atoms with Crippen LogP contribution in [0.3, 0.4) is 0 Å². The fourth-order valence-electron chi connectivity index (χ4n) is 2.94. The highest BCUT2D eigenvalue weighted by molar-refractivity contribution is 14.1. The van der Waals surface area contributed by atoms with Crippen LogP contribution in [0.1, 0.15) is 16.6 Å². The molecule has 1 saturated heterocycles. The van der Waals surface area contributed by atoms with Crippen LogP contribution in [0, 0.1) is 3.57 Å². The molecule has 0 bridgehead atoms. The number of imidazole rings is 1. The molecule has 1 amide bonds. The Morgan fingerprint density at radius 3 is 2.86 bits per heavy atom. The molecule has 0 aliphatic carbocycles. The molecule has 4 N–H and O–H groups in total. The molecule has 1 fully saturated rings. The van der Waals surface area contributed by atoms with Gasteiger partial charge in [-0.25, -0.2) is 4.98 Å². The predicted octanol–water partition coefficient (Wildman–Crippen LogP) is 0.975. The SMILES string of the molecule is CNc1nc(NC(=O)c2cccc(I)c2)c2ncn(C3OCC(O)C3O)c2n1. The highest BCUT2D eigenvalue weighted by Crippen LogP contribution is 2.29. The minimum Gasteiger partial charge on any atom is -0.388 e. The molecule has 1 aliphatic rings. The first-order chi connectivity index (χ1) is 13.5. The Morgan fingerprint density at radius 1 is 1.36 bits per heavy atom. The normalized spacial score (nSPS) is 21.8. The Morgan fingerprint density at radius 2 is 2.18 bits per heavy atom. The van der Waals surface area contributed by atoms with Crippen molar-refractivity contribution in [2.24, 2.45) is 0 Å². The number of carbonyl (C=O) groups excluding carboxylic acids is 1. The molecule has 3 unspecified atom stereocenters. The smallest absolute Gasteiger partial charge is 0.256 e. The van der Waals surface area contributed by atoms with Gasteiger partial charge in [-0.3, -0.25) is 9.36 Å². The van der Waals surface area contributed by atoms with Crippen LogP contribution in [-0.4, -0.2) is 61.5 Å². The van der Waals surface area contributed by atoms with Crippen LogP contribution < -0.4 is 10.6 Å². The van der Waals surface area contributed by atoms with E-state index >= 15 is 0 Å². The van der Waals surface area contributed by atoms with E-state index in [0.717, 1.165) is 3.57 Å². The molecule has 0 spiro atoms. The molecule has 1 aliphatic heterocycles. The molecule has 11 heteroatoms. The van der Waals surface area contributed by atoms with E-state index in [1.807, 2.05) is 6.07 Å². The number of fused-ring (bicyclic) bond motifs is 1. The number of carbonyl (C=O) groups is 1. The number of benzene rings is 1. The number of amides is 1. The topological polar surface area (TPSA) is 134 Å². The summed E-state index contributed by atoms with van der Waals surface area (Å²) < 4.78 is 7.91. The van der Waals surface area contributed by atoms with E-state index < -0.39 is 18.4 Å². The number of hydrogen-bond acceptors (Lipinski definition) is 8. The number of ether oxygens (including phenoxy) is 1. The molecule has 0 radical (unpaired) electrons. The lowest BCUT2D eigenvalue weighted by Crippen LogP contribution is -2.28. The summed E-state index contributed by atoms with van der Waals surface area (Å²) in [5.41, 5.74) is 1.19. The van der Waals surface area contributed by atoms with Gasteiger partial charge < -0.3 is 25.6 Å². The maximum atomic E-state index is 12.6. The quantitative estimate of drug-likeness (QED) is 0.393. The number of aromatic nitrogens is 4. The zero-order valence-corrected chi connectivity index (χ0v) is 16.9. The summed E-state index contributed by atoms with van der Waals surface area (Å²) >= 11 is 2.13. The van der Waals surface area contributed by atoms with E-state index in [1.54, 1.807) is 25.2 Å². The molecular formula is C17H17IN6O4. The summed E-state index contributed by atoms with van der Waals surface area (Å²) in [7, 11) is 1.65. The van der Waals surface area contributed by atoms with Crippen molar-refractivity contribution in [1.29, 1.82) is 0 Å². The van der Waals surface area contributed by atoms with Crippen molar-refractivity contribution in [3.05, 3.63) is 39.7 Å². The molecule has 1 aromatic carbocycles. The van der Waals surface area contributed by atoms with Crippen LogP contribution in [0.25, 0.3) is 11.2 Å². The van der Waals surface area contributed by atoms with Crippen molar-refractivity contribution >= 4 is 51.4 Å². The Bertz CT molecular complexity index is 1040. The second-order valence-corrected chi connectivity index (χ2v) is 7.46.